The predicted octanol–water partition coefficient (Wildman–Crippen LogP) is 0.139. The lowest BCUT2D eigenvalue weighted by atomic mass is 10.2. The van der Waals surface area contributed by atoms with Gasteiger partial charge in [0.05, 0.1) is 12.2 Å². The van der Waals surface area contributed by atoms with Crippen molar-refractivity contribution in [1.29, 1.82) is 0 Å². The van der Waals surface area contributed by atoms with Gasteiger partial charge in [0.1, 0.15) is 4.90 Å². The molecule has 1 rings (SSSR count). The molecule has 0 aliphatic heterocycles. The van der Waals surface area contributed by atoms with Gasteiger partial charge in [-0.15, -0.1) is 0 Å². The SMILES string of the molecule is CCNC(=O)CN(CC)c1ccc(S(=O)(=O)NC)c(N)c1. The van der Waals surface area contributed by atoms with Crippen molar-refractivity contribution in [3.05, 3.63) is 18.2 Å². The zero-order valence-corrected chi connectivity index (χ0v) is 13.3. The van der Waals surface area contributed by atoms with E-state index in [4.69, 9.17) is 5.73 Å². The number of nitrogens with zero attached hydrogens (tertiary/aromatic N) is 1. The summed E-state index contributed by atoms with van der Waals surface area (Å²) in [6, 6.07) is 4.65. The largest absolute Gasteiger partial charge is 0.398 e. The maximum absolute atomic E-state index is 11.8. The summed E-state index contributed by atoms with van der Waals surface area (Å²) in [6.07, 6.45) is 0. The molecule has 118 valence electrons. The molecule has 0 aromatic heterocycles. The van der Waals surface area contributed by atoms with Crippen molar-refractivity contribution in [1.82, 2.24) is 10.0 Å². The van der Waals surface area contributed by atoms with Crippen molar-refractivity contribution in [3.8, 4) is 0 Å². The number of anilines is 2. The highest BCUT2D eigenvalue weighted by Gasteiger charge is 2.17. The normalized spacial score (nSPS) is 11.2. The molecule has 0 bridgehead atoms. The van der Waals surface area contributed by atoms with E-state index in [-0.39, 0.29) is 23.0 Å². The highest BCUT2D eigenvalue weighted by atomic mass is 32.2. The van der Waals surface area contributed by atoms with Crippen LogP contribution < -0.4 is 20.7 Å². The van der Waals surface area contributed by atoms with Gasteiger partial charge in [-0.3, -0.25) is 4.79 Å². The van der Waals surface area contributed by atoms with Crippen LogP contribution in [0.15, 0.2) is 23.1 Å². The standard InChI is InChI=1S/C13H22N4O3S/c1-4-16-13(18)9-17(5-2)10-6-7-12(11(14)8-10)21(19,20)15-3/h6-8,15H,4-5,9,14H2,1-3H3,(H,16,18). The maximum atomic E-state index is 11.8. The molecule has 0 spiro atoms. The number of sulfonamides is 1. The third-order valence-electron chi connectivity index (χ3n) is 3.01. The average molecular weight is 314 g/mol. The number of carbonyl (C=O) groups is 1. The van der Waals surface area contributed by atoms with E-state index >= 15 is 0 Å². The zero-order valence-electron chi connectivity index (χ0n) is 12.5. The summed E-state index contributed by atoms with van der Waals surface area (Å²) in [7, 11) is -2.25. The van der Waals surface area contributed by atoms with Gasteiger partial charge >= 0.3 is 0 Å². The second kappa shape index (κ2) is 7.28. The smallest absolute Gasteiger partial charge is 0.242 e. The van der Waals surface area contributed by atoms with Gasteiger partial charge < -0.3 is 16.0 Å². The molecule has 1 aromatic carbocycles. The Morgan fingerprint density at radius 3 is 2.48 bits per heavy atom. The van der Waals surface area contributed by atoms with Gasteiger partial charge in [0.2, 0.25) is 15.9 Å². The molecule has 0 saturated carbocycles. The third-order valence-corrected chi connectivity index (χ3v) is 4.50. The quantitative estimate of drug-likeness (QED) is 0.621. The van der Waals surface area contributed by atoms with Crippen molar-refractivity contribution in [2.24, 2.45) is 0 Å². The second-order valence-corrected chi connectivity index (χ2v) is 6.25. The topological polar surface area (TPSA) is 105 Å². The predicted molar refractivity (Wildman–Crippen MR) is 83.7 cm³/mol. The third kappa shape index (κ3) is 4.33. The van der Waals surface area contributed by atoms with Crippen molar-refractivity contribution < 1.29 is 13.2 Å². The van der Waals surface area contributed by atoms with E-state index in [9.17, 15) is 13.2 Å². The van der Waals surface area contributed by atoms with E-state index in [1.165, 1.54) is 13.1 Å². The summed E-state index contributed by atoms with van der Waals surface area (Å²) in [6.45, 7) is 5.13. The van der Waals surface area contributed by atoms with Crippen LogP contribution in [-0.2, 0) is 14.8 Å². The number of likely N-dealkylation sites (N-methyl/N-ethyl adjacent to an activating group) is 2. The van der Waals surface area contributed by atoms with E-state index in [1.807, 2.05) is 18.7 Å². The number of carbonyl (C=O) groups excluding carboxylic acids is 1. The molecule has 4 N–H and O–H groups in total. The second-order valence-electron chi connectivity index (χ2n) is 4.40. The number of nitrogens with two attached hydrogens (primary N) is 1. The first-order chi connectivity index (χ1) is 9.85. The van der Waals surface area contributed by atoms with Crippen molar-refractivity contribution in [2.75, 3.05) is 37.3 Å². The number of amides is 1. The number of hydrogen-bond donors (Lipinski definition) is 3. The number of hydrogen-bond acceptors (Lipinski definition) is 5. The Balaban J connectivity index is 3.03. The van der Waals surface area contributed by atoms with Crippen molar-refractivity contribution in [2.45, 2.75) is 18.7 Å². The summed E-state index contributed by atoms with van der Waals surface area (Å²) in [5, 5.41) is 2.72. The lowest BCUT2D eigenvalue weighted by molar-refractivity contribution is -0.119. The van der Waals surface area contributed by atoms with E-state index in [2.05, 4.69) is 10.0 Å². The Morgan fingerprint density at radius 1 is 1.33 bits per heavy atom. The molecule has 0 radical (unpaired) electrons. The van der Waals surface area contributed by atoms with E-state index < -0.39 is 10.0 Å². The molecule has 0 atom stereocenters. The summed E-state index contributed by atoms with van der Waals surface area (Å²) in [5.41, 5.74) is 6.67. The molecule has 8 heteroatoms. The van der Waals surface area contributed by atoms with Gasteiger partial charge in [-0.25, -0.2) is 13.1 Å². The van der Waals surface area contributed by atoms with Crippen molar-refractivity contribution in [3.63, 3.8) is 0 Å². The number of rotatable bonds is 7. The Bertz CT molecular complexity index is 601. The molecule has 0 aliphatic carbocycles. The fourth-order valence-electron chi connectivity index (χ4n) is 1.90. The van der Waals surface area contributed by atoms with Gasteiger partial charge in [0.25, 0.3) is 0 Å². The van der Waals surface area contributed by atoms with Crippen LogP contribution in [0.4, 0.5) is 11.4 Å². The van der Waals surface area contributed by atoms with Gasteiger partial charge in [-0.1, -0.05) is 0 Å². The zero-order chi connectivity index (χ0) is 16.0. The molecule has 0 unspecified atom stereocenters. The van der Waals surface area contributed by atoms with E-state index in [0.717, 1.165) is 0 Å². The Morgan fingerprint density at radius 2 is 2.00 bits per heavy atom. The summed E-state index contributed by atoms with van der Waals surface area (Å²) < 4.78 is 25.8. The molecule has 0 fully saturated rings. The van der Waals surface area contributed by atoms with Crippen LogP contribution in [0.3, 0.4) is 0 Å². The summed E-state index contributed by atoms with van der Waals surface area (Å²) in [4.78, 5) is 13.5. The Hall–Kier alpha value is -1.80. The monoisotopic (exact) mass is 314 g/mol. The molecule has 1 aromatic rings. The highest BCUT2D eigenvalue weighted by molar-refractivity contribution is 7.89. The fraction of sp³-hybridized carbons (Fsp3) is 0.462. The lowest BCUT2D eigenvalue weighted by Gasteiger charge is -2.23. The minimum Gasteiger partial charge on any atom is -0.398 e. The molecular formula is C13H22N4O3S. The maximum Gasteiger partial charge on any atom is 0.242 e. The summed E-state index contributed by atoms with van der Waals surface area (Å²) >= 11 is 0. The average Bonchev–Trinajstić information content (AvgIpc) is 2.44. The minimum absolute atomic E-state index is 0.0304. The molecule has 0 aliphatic rings. The molecule has 21 heavy (non-hydrogen) atoms. The van der Waals surface area contributed by atoms with Crippen LogP contribution >= 0.6 is 0 Å². The van der Waals surface area contributed by atoms with Crippen LogP contribution in [0.2, 0.25) is 0 Å². The molecule has 7 nitrogen and oxygen atoms in total. The van der Waals surface area contributed by atoms with Gasteiger partial charge in [0, 0.05) is 18.8 Å². The van der Waals surface area contributed by atoms with Gasteiger partial charge in [0.15, 0.2) is 0 Å². The van der Waals surface area contributed by atoms with Crippen LogP contribution in [0.25, 0.3) is 0 Å². The Kier molecular flexibility index (Phi) is 5.98. The van der Waals surface area contributed by atoms with Crippen LogP contribution in [0.1, 0.15) is 13.8 Å². The van der Waals surface area contributed by atoms with Crippen molar-refractivity contribution >= 4 is 27.3 Å². The van der Waals surface area contributed by atoms with E-state index in [1.54, 1.807) is 12.1 Å². The van der Waals surface area contributed by atoms with Crippen LogP contribution in [0.5, 0.6) is 0 Å². The van der Waals surface area contributed by atoms with Gasteiger partial charge in [-0.05, 0) is 39.1 Å². The Labute approximate surface area is 125 Å². The molecule has 0 heterocycles. The first-order valence-corrected chi connectivity index (χ1v) is 8.18. The molecule has 0 saturated heterocycles. The lowest BCUT2D eigenvalue weighted by Crippen LogP contribution is -2.37. The molecular weight excluding hydrogens is 292 g/mol. The number of benzene rings is 1. The molecule has 1 amide bonds. The van der Waals surface area contributed by atoms with Crippen LogP contribution in [0, 0.1) is 0 Å². The number of nitrogen functional groups attached to an aromatic ring is 1. The first-order valence-electron chi connectivity index (χ1n) is 6.70. The van der Waals surface area contributed by atoms with E-state index in [0.29, 0.717) is 18.8 Å². The summed E-state index contributed by atoms with van der Waals surface area (Å²) in [5.74, 6) is -0.0927. The highest BCUT2D eigenvalue weighted by Crippen LogP contribution is 2.24. The fourth-order valence-corrected chi connectivity index (χ4v) is 2.74. The number of nitrogens with one attached hydrogen (secondary N) is 2. The van der Waals surface area contributed by atoms with Gasteiger partial charge in [-0.2, -0.15) is 0 Å². The van der Waals surface area contributed by atoms with Crippen LogP contribution in [-0.4, -0.2) is 41.0 Å². The minimum atomic E-state index is -3.58. The first kappa shape index (κ1) is 17.3.